The highest BCUT2D eigenvalue weighted by molar-refractivity contribution is 5.84. The molecule has 1 aromatic carbocycles. The van der Waals surface area contributed by atoms with E-state index in [0.717, 1.165) is 30.5 Å². The highest BCUT2D eigenvalue weighted by Gasteiger charge is 2.20. The lowest BCUT2D eigenvalue weighted by atomic mass is 9.88. The molecule has 0 N–H and O–H groups in total. The monoisotopic (exact) mass is 243 g/mol. The third-order valence-electron chi connectivity index (χ3n) is 3.78. The molecule has 3 heteroatoms. The van der Waals surface area contributed by atoms with Crippen molar-refractivity contribution in [2.24, 2.45) is 0 Å². The first-order chi connectivity index (χ1) is 8.81. The van der Waals surface area contributed by atoms with Crippen LogP contribution in [0.1, 0.15) is 17.5 Å². The Hall–Kier alpha value is -1.61. The van der Waals surface area contributed by atoms with Crippen LogP contribution in [0, 0.1) is 0 Å². The lowest BCUT2D eigenvalue weighted by Crippen LogP contribution is -2.21. The van der Waals surface area contributed by atoms with E-state index in [4.69, 9.17) is 9.47 Å². The van der Waals surface area contributed by atoms with Gasteiger partial charge in [0.1, 0.15) is 5.75 Å². The molecule has 0 fully saturated rings. The zero-order valence-electron chi connectivity index (χ0n) is 10.8. The zero-order chi connectivity index (χ0) is 12.5. The largest absolute Gasteiger partial charge is 0.497 e. The van der Waals surface area contributed by atoms with Gasteiger partial charge in [-0.2, -0.15) is 0 Å². The lowest BCUT2D eigenvalue weighted by Gasteiger charge is -2.24. The van der Waals surface area contributed by atoms with Crippen LogP contribution in [-0.2, 0) is 17.6 Å². The molecule has 1 aliphatic carbocycles. The summed E-state index contributed by atoms with van der Waals surface area (Å²) in [6.07, 6.45) is 5.44. The molecule has 0 saturated heterocycles. The van der Waals surface area contributed by atoms with E-state index in [1.165, 1.54) is 16.5 Å². The van der Waals surface area contributed by atoms with Crippen molar-refractivity contribution in [3.8, 4) is 5.75 Å². The molecule has 0 bridgehead atoms. The second kappa shape index (κ2) is 4.58. The van der Waals surface area contributed by atoms with Crippen LogP contribution < -0.4 is 4.74 Å². The van der Waals surface area contributed by atoms with Gasteiger partial charge in [-0.1, -0.05) is 0 Å². The highest BCUT2D eigenvalue weighted by Crippen LogP contribution is 2.30. The summed E-state index contributed by atoms with van der Waals surface area (Å²) >= 11 is 0. The number of fused-ring (bicyclic) bond motifs is 3. The van der Waals surface area contributed by atoms with Crippen LogP contribution in [0.25, 0.3) is 10.9 Å². The Morgan fingerprint density at radius 3 is 2.94 bits per heavy atom. The molecule has 0 saturated carbocycles. The van der Waals surface area contributed by atoms with E-state index in [1.807, 2.05) is 18.3 Å². The van der Waals surface area contributed by atoms with Crippen LogP contribution in [0.5, 0.6) is 5.75 Å². The smallest absolute Gasteiger partial charge is 0.119 e. The van der Waals surface area contributed by atoms with Gasteiger partial charge in [0.2, 0.25) is 0 Å². The summed E-state index contributed by atoms with van der Waals surface area (Å²) in [5.41, 5.74) is 3.76. The molecule has 0 aliphatic heterocycles. The number of rotatable bonds is 2. The van der Waals surface area contributed by atoms with Crippen molar-refractivity contribution in [2.75, 3.05) is 14.2 Å². The summed E-state index contributed by atoms with van der Waals surface area (Å²) in [6, 6.07) is 6.06. The van der Waals surface area contributed by atoms with Crippen molar-refractivity contribution in [1.29, 1.82) is 0 Å². The van der Waals surface area contributed by atoms with E-state index < -0.39 is 0 Å². The van der Waals surface area contributed by atoms with Gasteiger partial charge in [-0.05, 0) is 48.6 Å². The number of methoxy groups -OCH3 is 2. The molecular weight excluding hydrogens is 226 g/mol. The molecule has 0 amide bonds. The Labute approximate surface area is 107 Å². The molecule has 1 heterocycles. The number of aryl methyl sites for hydroxylation is 1. The number of hydrogen-bond acceptors (Lipinski definition) is 3. The Morgan fingerprint density at radius 1 is 1.28 bits per heavy atom. The molecule has 1 aliphatic rings. The Balaban J connectivity index is 2.16. The fourth-order valence-corrected chi connectivity index (χ4v) is 2.70. The fourth-order valence-electron chi connectivity index (χ4n) is 2.70. The maximum atomic E-state index is 5.50. The second-order valence-corrected chi connectivity index (χ2v) is 4.75. The minimum Gasteiger partial charge on any atom is -0.497 e. The van der Waals surface area contributed by atoms with Gasteiger partial charge in [-0.25, -0.2) is 0 Å². The predicted octanol–water partition coefficient (Wildman–Crippen LogP) is 2.75. The maximum Gasteiger partial charge on any atom is 0.119 e. The number of ether oxygens (including phenoxy) is 2. The second-order valence-electron chi connectivity index (χ2n) is 4.75. The van der Waals surface area contributed by atoms with Crippen LogP contribution in [0.2, 0.25) is 0 Å². The molecule has 1 unspecified atom stereocenters. The summed E-state index contributed by atoms with van der Waals surface area (Å²) in [5, 5.41) is 1.20. The van der Waals surface area contributed by atoms with E-state index in [-0.39, 0.29) is 0 Å². The molecule has 94 valence electrons. The molecule has 1 atom stereocenters. The molecule has 2 aromatic rings. The third kappa shape index (κ3) is 1.85. The summed E-state index contributed by atoms with van der Waals surface area (Å²) in [7, 11) is 3.49. The minimum atomic E-state index is 0.328. The van der Waals surface area contributed by atoms with E-state index in [1.54, 1.807) is 14.2 Å². The predicted molar refractivity (Wildman–Crippen MR) is 71.1 cm³/mol. The van der Waals surface area contributed by atoms with E-state index >= 15 is 0 Å². The molecular formula is C15H17NO2. The van der Waals surface area contributed by atoms with Crippen molar-refractivity contribution in [1.82, 2.24) is 4.98 Å². The van der Waals surface area contributed by atoms with Crippen molar-refractivity contribution < 1.29 is 9.47 Å². The fraction of sp³-hybridized carbons (Fsp3) is 0.400. The molecule has 0 spiro atoms. The van der Waals surface area contributed by atoms with E-state index in [2.05, 4.69) is 11.1 Å². The van der Waals surface area contributed by atoms with Gasteiger partial charge in [0, 0.05) is 18.7 Å². The van der Waals surface area contributed by atoms with Gasteiger partial charge >= 0.3 is 0 Å². The quantitative estimate of drug-likeness (QED) is 0.812. The van der Waals surface area contributed by atoms with Crippen molar-refractivity contribution in [2.45, 2.75) is 25.4 Å². The molecule has 3 rings (SSSR count). The van der Waals surface area contributed by atoms with Crippen LogP contribution in [0.4, 0.5) is 0 Å². The summed E-state index contributed by atoms with van der Waals surface area (Å²) in [6.45, 7) is 0. The van der Waals surface area contributed by atoms with Gasteiger partial charge in [-0.3, -0.25) is 4.98 Å². The number of nitrogens with zero attached hydrogens (tertiary/aromatic N) is 1. The first-order valence-corrected chi connectivity index (χ1v) is 6.29. The molecule has 0 radical (unpaired) electrons. The average Bonchev–Trinajstić information content (AvgIpc) is 2.45. The van der Waals surface area contributed by atoms with Crippen molar-refractivity contribution in [3.05, 3.63) is 35.5 Å². The summed E-state index contributed by atoms with van der Waals surface area (Å²) < 4.78 is 10.8. The highest BCUT2D eigenvalue weighted by atomic mass is 16.5. The standard InChI is InChI=1S/C15H17NO2/c1-17-11-4-3-10-9-16-15-6-5-12(18-2)8-14(15)13(10)7-11/h5-6,8-9,11H,3-4,7H2,1-2H3. The van der Waals surface area contributed by atoms with Gasteiger partial charge < -0.3 is 9.47 Å². The van der Waals surface area contributed by atoms with E-state index in [9.17, 15) is 0 Å². The van der Waals surface area contributed by atoms with Gasteiger partial charge in [0.25, 0.3) is 0 Å². The molecule has 18 heavy (non-hydrogen) atoms. The minimum absolute atomic E-state index is 0.328. The summed E-state index contributed by atoms with van der Waals surface area (Å²) in [5.74, 6) is 0.886. The van der Waals surface area contributed by atoms with Crippen LogP contribution in [0.3, 0.4) is 0 Å². The molecule has 1 aromatic heterocycles. The van der Waals surface area contributed by atoms with Gasteiger partial charge in [-0.15, -0.1) is 0 Å². The first kappa shape index (κ1) is 11.5. The Kier molecular flexibility index (Phi) is 2.92. The zero-order valence-corrected chi connectivity index (χ0v) is 10.8. The average molecular weight is 243 g/mol. The number of hydrogen-bond donors (Lipinski definition) is 0. The van der Waals surface area contributed by atoms with Crippen molar-refractivity contribution in [3.63, 3.8) is 0 Å². The van der Waals surface area contributed by atoms with Crippen LogP contribution in [-0.4, -0.2) is 25.3 Å². The van der Waals surface area contributed by atoms with Crippen LogP contribution in [0.15, 0.2) is 24.4 Å². The number of aromatic nitrogens is 1. The maximum absolute atomic E-state index is 5.50. The summed E-state index contributed by atoms with van der Waals surface area (Å²) in [4.78, 5) is 4.52. The van der Waals surface area contributed by atoms with Crippen molar-refractivity contribution >= 4 is 10.9 Å². The first-order valence-electron chi connectivity index (χ1n) is 6.29. The topological polar surface area (TPSA) is 31.4 Å². The third-order valence-corrected chi connectivity index (χ3v) is 3.78. The number of benzene rings is 1. The van der Waals surface area contributed by atoms with Gasteiger partial charge in [0.05, 0.1) is 18.7 Å². The normalized spacial score (nSPS) is 18.7. The lowest BCUT2D eigenvalue weighted by molar-refractivity contribution is 0.0914. The SMILES string of the molecule is COc1ccc2ncc3c(c2c1)CC(OC)CC3. The van der Waals surface area contributed by atoms with E-state index in [0.29, 0.717) is 6.10 Å². The molecule has 3 nitrogen and oxygen atoms in total. The number of pyridine rings is 1. The Morgan fingerprint density at radius 2 is 2.17 bits per heavy atom. The van der Waals surface area contributed by atoms with Crippen LogP contribution >= 0.6 is 0 Å². The Bertz CT molecular complexity index is 575. The van der Waals surface area contributed by atoms with Gasteiger partial charge in [0.15, 0.2) is 0 Å².